The van der Waals surface area contributed by atoms with Crippen LogP contribution in [0.4, 0.5) is 5.69 Å². The number of anilines is 1. The summed E-state index contributed by atoms with van der Waals surface area (Å²) in [4.78, 5) is 1.96. The van der Waals surface area contributed by atoms with E-state index in [4.69, 9.17) is 16.9 Å². The maximum absolute atomic E-state index is 8.62. The minimum absolute atomic E-state index is 0.354. The first-order valence-electron chi connectivity index (χ1n) is 3.98. The summed E-state index contributed by atoms with van der Waals surface area (Å²) in [6.45, 7) is 0. The molecule has 0 saturated carbocycles. The van der Waals surface area contributed by atoms with Gasteiger partial charge in [-0.2, -0.15) is 5.26 Å². The summed E-state index contributed by atoms with van der Waals surface area (Å²) in [5.74, 6) is 0. The largest absolute Gasteiger partial charge is 0.377 e. The van der Waals surface area contributed by atoms with Crippen molar-refractivity contribution in [1.82, 2.24) is 0 Å². The van der Waals surface area contributed by atoms with Crippen LogP contribution in [0.15, 0.2) is 18.2 Å². The molecule has 0 amide bonds. The van der Waals surface area contributed by atoms with Crippen LogP contribution < -0.4 is 4.90 Å². The van der Waals surface area contributed by atoms with Gasteiger partial charge in [-0.25, -0.2) is 0 Å². The van der Waals surface area contributed by atoms with Gasteiger partial charge in [-0.05, 0) is 12.1 Å². The van der Waals surface area contributed by atoms with Crippen LogP contribution in [0.2, 0.25) is 5.02 Å². The number of nitriles is 1. The van der Waals surface area contributed by atoms with Crippen LogP contribution in [-0.2, 0) is 6.42 Å². The molecule has 0 aliphatic rings. The standard InChI is InChI=1S/C10H11ClN2/c1-13(2)10-5-3-4-9(11)8(10)6-7-12/h3-5H,6H2,1-2H3. The third-order valence-electron chi connectivity index (χ3n) is 1.83. The smallest absolute Gasteiger partial charge is 0.0671 e. The molecule has 0 fully saturated rings. The van der Waals surface area contributed by atoms with Crippen molar-refractivity contribution >= 4 is 17.3 Å². The Bertz CT molecular complexity index is 339. The first-order chi connectivity index (χ1) is 6.16. The molecule has 0 atom stereocenters. The van der Waals surface area contributed by atoms with Gasteiger partial charge < -0.3 is 4.90 Å². The van der Waals surface area contributed by atoms with Crippen LogP contribution in [0.5, 0.6) is 0 Å². The molecule has 0 radical (unpaired) electrons. The minimum Gasteiger partial charge on any atom is -0.377 e. The van der Waals surface area contributed by atoms with Gasteiger partial charge in [0, 0.05) is 30.4 Å². The van der Waals surface area contributed by atoms with Gasteiger partial charge in [0.25, 0.3) is 0 Å². The fraction of sp³-hybridized carbons (Fsp3) is 0.300. The Labute approximate surface area is 83.3 Å². The Morgan fingerprint density at radius 2 is 2.15 bits per heavy atom. The predicted octanol–water partition coefficient (Wildman–Crippen LogP) is 2.47. The average Bonchev–Trinajstić information content (AvgIpc) is 2.08. The zero-order chi connectivity index (χ0) is 9.84. The van der Waals surface area contributed by atoms with Crippen LogP contribution in [-0.4, -0.2) is 14.1 Å². The fourth-order valence-electron chi connectivity index (χ4n) is 1.22. The molecule has 13 heavy (non-hydrogen) atoms. The number of hydrogen-bond donors (Lipinski definition) is 0. The van der Waals surface area contributed by atoms with Gasteiger partial charge in [-0.15, -0.1) is 0 Å². The van der Waals surface area contributed by atoms with E-state index >= 15 is 0 Å². The molecule has 0 unspecified atom stereocenters. The molecule has 0 saturated heterocycles. The summed E-state index contributed by atoms with van der Waals surface area (Å²) < 4.78 is 0. The molecule has 3 heteroatoms. The van der Waals surface area contributed by atoms with E-state index in [0.717, 1.165) is 11.3 Å². The van der Waals surface area contributed by atoms with E-state index < -0.39 is 0 Å². The van der Waals surface area contributed by atoms with Crippen LogP contribution in [0.25, 0.3) is 0 Å². The van der Waals surface area contributed by atoms with Gasteiger partial charge in [0.2, 0.25) is 0 Å². The van der Waals surface area contributed by atoms with Crippen LogP contribution in [0.1, 0.15) is 5.56 Å². The van der Waals surface area contributed by atoms with Crippen LogP contribution in [0, 0.1) is 11.3 Å². The van der Waals surface area contributed by atoms with E-state index in [1.807, 2.05) is 31.1 Å². The fourth-order valence-corrected chi connectivity index (χ4v) is 1.46. The van der Waals surface area contributed by atoms with Crippen molar-refractivity contribution in [3.05, 3.63) is 28.8 Å². The van der Waals surface area contributed by atoms with E-state index in [2.05, 4.69) is 6.07 Å². The van der Waals surface area contributed by atoms with Crippen molar-refractivity contribution in [2.24, 2.45) is 0 Å². The number of benzene rings is 1. The number of hydrogen-bond acceptors (Lipinski definition) is 2. The van der Waals surface area contributed by atoms with Gasteiger partial charge in [0.05, 0.1) is 12.5 Å². The van der Waals surface area contributed by atoms with Crippen molar-refractivity contribution in [1.29, 1.82) is 5.26 Å². The molecule has 0 aromatic heterocycles. The van der Waals surface area contributed by atoms with E-state index in [9.17, 15) is 0 Å². The Balaban J connectivity index is 3.19. The molecule has 2 nitrogen and oxygen atoms in total. The normalized spacial score (nSPS) is 9.38. The second-order valence-electron chi connectivity index (χ2n) is 2.97. The van der Waals surface area contributed by atoms with E-state index in [-0.39, 0.29) is 0 Å². The quantitative estimate of drug-likeness (QED) is 0.723. The number of rotatable bonds is 2. The second kappa shape index (κ2) is 4.15. The van der Waals surface area contributed by atoms with Gasteiger partial charge in [0.15, 0.2) is 0 Å². The molecule has 68 valence electrons. The maximum Gasteiger partial charge on any atom is 0.0671 e. The minimum atomic E-state index is 0.354. The Morgan fingerprint density at radius 3 is 2.69 bits per heavy atom. The Morgan fingerprint density at radius 1 is 1.46 bits per heavy atom. The molecule has 1 rings (SSSR count). The van der Waals surface area contributed by atoms with E-state index in [0.29, 0.717) is 11.4 Å². The number of halogens is 1. The lowest BCUT2D eigenvalue weighted by Gasteiger charge is -2.16. The van der Waals surface area contributed by atoms with Crippen molar-refractivity contribution in [3.8, 4) is 6.07 Å². The highest BCUT2D eigenvalue weighted by molar-refractivity contribution is 6.31. The highest BCUT2D eigenvalue weighted by atomic mass is 35.5. The molecule has 0 heterocycles. The monoisotopic (exact) mass is 194 g/mol. The van der Waals surface area contributed by atoms with Crippen LogP contribution in [0.3, 0.4) is 0 Å². The molecule has 1 aromatic rings. The summed E-state index contributed by atoms with van der Waals surface area (Å²) >= 11 is 5.97. The van der Waals surface area contributed by atoms with Crippen molar-refractivity contribution in [2.75, 3.05) is 19.0 Å². The van der Waals surface area contributed by atoms with Crippen molar-refractivity contribution in [2.45, 2.75) is 6.42 Å². The summed E-state index contributed by atoms with van der Waals surface area (Å²) in [6.07, 6.45) is 0.354. The lowest BCUT2D eigenvalue weighted by atomic mass is 10.1. The van der Waals surface area contributed by atoms with Gasteiger partial charge in [-0.1, -0.05) is 17.7 Å². The van der Waals surface area contributed by atoms with E-state index in [1.54, 1.807) is 6.07 Å². The van der Waals surface area contributed by atoms with Gasteiger partial charge >= 0.3 is 0 Å². The first-order valence-corrected chi connectivity index (χ1v) is 4.36. The molecule has 0 aliphatic carbocycles. The zero-order valence-electron chi connectivity index (χ0n) is 7.71. The van der Waals surface area contributed by atoms with Crippen LogP contribution >= 0.6 is 11.6 Å². The lowest BCUT2D eigenvalue weighted by molar-refractivity contribution is 1.10. The highest BCUT2D eigenvalue weighted by Gasteiger charge is 2.07. The highest BCUT2D eigenvalue weighted by Crippen LogP contribution is 2.26. The summed E-state index contributed by atoms with van der Waals surface area (Å²) in [5.41, 5.74) is 1.91. The van der Waals surface area contributed by atoms with Gasteiger partial charge in [0.1, 0.15) is 0 Å². The zero-order valence-corrected chi connectivity index (χ0v) is 8.47. The second-order valence-corrected chi connectivity index (χ2v) is 3.37. The average molecular weight is 195 g/mol. The first kappa shape index (κ1) is 9.88. The van der Waals surface area contributed by atoms with Crippen molar-refractivity contribution < 1.29 is 0 Å². The summed E-state index contributed by atoms with van der Waals surface area (Å²) in [5, 5.41) is 9.28. The molecule has 1 aromatic carbocycles. The molecule has 0 aliphatic heterocycles. The Hall–Kier alpha value is -1.20. The molecule has 0 spiro atoms. The lowest BCUT2D eigenvalue weighted by Crippen LogP contribution is -2.11. The third kappa shape index (κ3) is 2.13. The molecular formula is C10H11ClN2. The molecular weight excluding hydrogens is 184 g/mol. The van der Waals surface area contributed by atoms with E-state index in [1.165, 1.54) is 0 Å². The number of nitrogens with zero attached hydrogens (tertiary/aromatic N) is 2. The SMILES string of the molecule is CN(C)c1cccc(Cl)c1CC#N. The third-order valence-corrected chi connectivity index (χ3v) is 2.19. The summed E-state index contributed by atoms with van der Waals surface area (Å²) in [6, 6.07) is 7.76. The Kier molecular flexibility index (Phi) is 3.16. The summed E-state index contributed by atoms with van der Waals surface area (Å²) in [7, 11) is 3.87. The molecule has 0 N–H and O–H groups in total. The topological polar surface area (TPSA) is 27.0 Å². The molecule has 0 bridgehead atoms. The van der Waals surface area contributed by atoms with Gasteiger partial charge in [-0.3, -0.25) is 0 Å². The maximum atomic E-state index is 8.62. The van der Waals surface area contributed by atoms with Crippen molar-refractivity contribution in [3.63, 3.8) is 0 Å². The predicted molar refractivity (Wildman–Crippen MR) is 55.1 cm³/mol.